The standard InChI is InChI=1S/C12H13Cl2N3/c1-6(2)15-11-9-7(3)4-5-8(13)10(9)16-12(14)17-11/h4-6H,1-3H3,(H,15,16,17). The van der Waals surface area contributed by atoms with Gasteiger partial charge in [-0.1, -0.05) is 17.7 Å². The molecule has 0 amide bonds. The van der Waals surface area contributed by atoms with Crippen molar-refractivity contribution in [1.29, 1.82) is 0 Å². The van der Waals surface area contributed by atoms with Crippen LogP contribution in [0.15, 0.2) is 12.1 Å². The van der Waals surface area contributed by atoms with E-state index in [2.05, 4.69) is 15.3 Å². The van der Waals surface area contributed by atoms with E-state index in [-0.39, 0.29) is 11.3 Å². The third-order valence-corrected chi connectivity index (χ3v) is 2.88. The highest BCUT2D eigenvalue weighted by atomic mass is 35.5. The lowest BCUT2D eigenvalue weighted by Crippen LogP contribution is -2.12. The molecule has 1 N–H and O–H groups in total. The number of hydrogen-bond donors (Lipinski definition) is 1. The number of benzene rings is 1. The molecule has 90 valence electrons. The van der Waals surface area contributed by atoms with Crippen LogP contribution < -0.4 is 5.32 Å². The minimum atomic E-state index is 0.202. The van der Waals surface area contributed by atoms with Gasteiger partial charge in [-0.25, -0.2) is 9.97 Å². The highest BCUT2D eigenvalue weighted by molar-refractivity contribution is 6.36. The molecule has 5 heteroatoms. The first-order valence-corrected chi connectivity index (χ1v) is 6.13. The highest BCUT2D eigenvalue weighted by Crippen LogP contribution is 2.30. The maximum Gasteiger partial charge on any atom is 0.224 e. The van der Waals surface area contributed by atoms with Gasteiger partial charge in [-0.3, -0.25) is 0 Å². The lowest BCUT2D eigenvalue weighted by Gasteiger charge is -2.13. The summed E-state index contributed by atoms with van der Waals surface area (Å²) in [5, 5.41) is 4.98. The molecule has 0 aliphatic heterocycles. The zero-order chi connectivity index (χ0) is 12.6. The van der Waals surface area contributed by atoms with Crippen molar-refractivity contribution < 1.29 is 0 Å². The predicted octanol–water partition coefficient (Wildman–Crippen LogP) is 4.07. The summed E-state index contributed by atoms with van der Waals surface area (Å²) in [4.78, 5) is 8.41. The van der Waals surface area contributed by atoms with Gasteiger partial charge in [0, 0.05) is 11.4 Å². The van der Waals surface area contributed by atoms with E-state index in [4.69, 9.17) is 23.2 Å². The van der Waals surface area contributed by atoms with Gasteiger partial charge in [0.15, 0.2) is 0 Å². The van der Waals surface area contributed by atoms with Crippen molar-refractivity contribution in [3.8, 4) is 0 Å². The van der Waals surface area contributed by atoms with Gasteiger partial charge < -0.3 is 5.32 Å². The molecule has 2 aromatic rings. The summed E-state index contributed by atoms with van der Waals surface area (Å²) < 4.78 is 0. The molecular formula is C12H13Cl2N3. The lowest BCUT2D eigenvalue weighted by atomic mass is 10.1. The first-order valence-electron chi connectivity index (χ1n) is 5.38. The van der Waals surface area contributed by atoms with E-state index in [9.17, 15) is 0 Å². The van der Waals surface area contributed by atoms with Gasteiger partial charge in [-0.15, -0.1) is 0 Å². The fourth-order valence-electron chi connectivity index (χ4n) is 1.72. The molecule has 0 atom stereocenters. The largest absolute Gasteiger partial charge is 0.367 e. The van der Waals surface area contributed by atoms with Crippen LogP contribution in [-0.4, -0.2) is 16.0 Å². The average molecular weight is 270 g/mol. The SMILES string of the molecule is Cc1ccc(Cl)c2nc(Cl)nc(NC(C)C)c12. The second-order valence-corrected chi connectivity index (χ2v) is 4.97. The highest BCUT2D eigenvalue weighted by Gasteiger charge is 2.12. The molecule has 3 nitrogen and oxygen atoms in total. The van der Waals surface area contributed by atoms with Gasteiger partial charge in [-0.2, -0.15) is 0 Å². The van der Waals surface area contributed by atoms with Gasteiger partial charge in [0.25, 0.3) is 0 Å². The van der Waals surface area contributed by atoms with Crippen molar-refractivity contribution in [2.24, 2.45) is 0 Å². The number of anilines is 1. The Labute approximate surface area is 110 Å². The second kappa shape index (κ2) is 4.67. The summed E-state index contributed by atoms with van der Waals surface area (Å²) in [5.41, 5.74) is 1.76. The predicted molar refractivity (Wildman–Crippen MR) is 73.1 cm³/mol. The van der Waals surface area contributed by atoms with Gasteiger partial charge in [-0.05, 0) is 44.0 Å². The quantitative estimate of drug-likeness (QED) is 0.836. The normalized spacial score (nSPS) is 11.2. The molecule has 17 heavy (non-hydrogen) atoms. The number of aryl methyl sites for hydroxylation is 1. The number of rotatable bonds is 2. The molecular weight excluding hydrogens is 257 g/mol. The molecule has 2 rings (SSSR count). The van der Waals surface area contributed by atoms with Crippen LogP contribution in [0, 0.1) is 6.92 Å². The van der Waals surface area contributed by atoms with Crippen LogP contribution in [0.25, 0.3) is 10.9 Å². The number of halogens is 2. The lowest BCUT2D eigenvalue weighted by molar-refractivity contribution is 0.890. The third kappa shape index (κ3) is 2.45. The molecule has 0 unspecified atom stereocenters. The molecule has 0 saturated heterocycles. The monoisotopic (exact) mass is 269 g/mol. The van der Waals surface area contributed by atoms with Crippen LogP contribution in [0.5, 0.6) is 0 Å². The van der Waals surface area contributed by atoms with E-state index >= 15 is 0 Å². The molecule has 0 saturated carbocycles. The van der Waals surface area contributed by atoms with Crippen molar-refractivity contribution in [2.45, 2.75) is 26.8 Å². The molecule has 1 aromatic heterocycles. The smallest absolute Gasteiger partial charge is 0.224 e. The van der Waals surface area contributed by atoms with Gasteiger partial charge in [0.1, 0.15) is 5.82 Å². The molecule has 0 aliphatic rings. The third-order valence-electron chi connectivity index (χ3n) is 2.41. The number of fused-ring (bicyclic) bond motifs is 1. The summed E-state index contributed by atoms with van der Waals surface area (Å²) >= 11 is 12.0. The maximum absolute atomic E-state index is 6.13. The van der Waals surface area contributed by atoms with Crippen LogP contribution in [0.1, 0.15) is 19.4 Å². The maximum atomic E-state index is 6.13. The van der Waals surface area contributed by atoms with Crippen molar-refractivity contribution in [1.82, 2.24) is 9.97 Å². The Bertz CT molecular complexity index is 567. The van der Waals surface area contributed by atoms with Crippen LogP contribution in [-0.2, 0) is 0 Å². The Morgan fingerprint density at radius 2 is 1.88 bits per heavy atom. The van der Waals surface area contributed by atoms with Gasteiger partial charge >= 0.3 is 0 Å². The van der Waals surface area contributed by atoms with Crippen molar-refractivity contribution >= 4 is 39.9 Å². The summed E-state index contributed by atoms with van der Waals surface area (Å²) in [6, 6.07) is 4.04. The number of aromatic nitrogens is 2. The average Bonchev–Trinajstić information content (AvgIpc) is 2.22. The fraction of sp³-hybridized carbons (Fsp3) is 0.333. The Morgan fingerprint density at radius 1 is 1.18 bits per heavy atom. The fourth-order valence-corrected chi connectivity index (χ4v) is 2.09. The van der Waals surface area contributed by atoms with Crippen LogP contribution in [0.3, 0.4) is 0 Å². The molecule has 1 heterocycles. The topological polar surface area (TPSA) is 37.8 Å². The molecule has 0 radical (unpaired) electrons. The van der Waals surface area contributed by atoms with E-state index in [1.54, 1.807) is 0 Å². The van der Waals surface area contributed by atoms with E-state index in [0.717, 1.165) is 16.8 Å². The molecule has 0 aliphatic carbocycles. The minimum absolute atomic E-state index is 0.202. The van der Waals surface area contributed by atoms with Crippen molar-refractivity contribution in [3.05, 3.63) is 28.0 Å². The van der Waals surface area contributed by atoms with Gasteiger partial charge in [0.2, 0.25) is 5.28 Å². The zero-order valence-electron chi connectivity index (χ0n) is 9.88. The zero-order valence-corrected chi connectivity index (χ0v) is 11.4. The molecule has 0 spiro atoms. The number of hydrogen-bond acceptors (Lipinski definition) is 3. The van der Waals surface area contributed by atoms with Crippen molar-refractivity contribution in [2.75, 3.05) is 5.32 Å². The first-order chi connectivity index (χ1) is 7.99. The Morgan fingerprint density at radius 3 is 2.53 bits per heavy atom. The number of nitrogens with zero attached hydrogens (tertiary/aromatic N) is 2. The Hall–Kier alpha value is -1.06. The molecule has 0 fully saturated rings. The first kappa shape index (κ1) is 12.4. The van der Waals surface area contributed by atoms with E-state index < -0.39 is 0 Å². The van der Waals surface area contributed by atoms with E-state index in [1.165, 1.54) is 0 Å². The Kier molecular flexibility index (Phi) is 3.40. The Balaban J connectivity index is 2.77. The minimum Gasteiger partial charge on any atom is -0.367 e. The van der Waals surface area contributed by atoms with Crippen LogP contribution in [0.2, 0.25) is 10.3 Å². The van der Waals surface area contributed by atoms with Crippen LogP contribution >= 0.6 is 23.2 Å². The number of nitrogens with one attached hydrogen (secondary N) is 1. The summed E-state index contributed by atoms with van der Waals surface area (Å²) in [6.45, 7) is 6.09. The molecule has 1 aromatic carbocycles. The van der Waals surface area contributed by atoms with Crippen molar-refractivity contribution in [3.63, 3.8) is 0 Å². The van der Waals surface area contributed by atoms with Crippen LogP contribution in [0.4, 0.5) is 5.82 Å². The van der Waals surface area contributed by atoms with E-state index in [0.29, 0.717) is 10.5 Å². The van der Waals surface area contributed by atoms with Gasteiger partial charge in [0.05, 0.1) is 10.5 Å². The second-order valence-electron chi connectivity index (χ2n) is 4.23. The summed E-state index contributed by atoms with van der Waals surface area (Å²) in [7, 11) is 0. The molecule has 0 bridgehead atoms. The van der Waals surface area contributed by atoms with E-state index in [1.807, 2.05) is 32.9 Å². The summed E-state index contributed by atoms with van der Waals surface area (Å²) in [5.74, 6) is 0.731. The summed E-state index contributed by atoms with van der Waals surface area (Å²) in [6.07, 6.45) is 0.